The van der Waals surface area contributed by atoms with Crippen LogP contribution < -0.4 is 16.4 Å². The fourth-order valence-corrected chi connectivity index (χ4v) is 3.58. The van der Waals surface area contributed by atoms with Crippen LogP contribution in [0.15, 0.2) is 22.1 Å². The first kappa shape index (κ1) is 18.1. The minimum Gasteiger partial charge on any atom is -0.462 e. The number of esters is 1. The highest BCUT2D eigenvalue weighted by atomic mass is 19.1. The van der Waals surface area contributed by atoms with Gasteiger partial charge in [0.1, 0.15) is 22.9 Å². The van der Waals surface area contributed by atoms with Crippen molar-refractivity contribution >= 4 is 23.6 Å². The van der Waals surface area contributed by atoms with Crippen molar-refractivity contribution in [3.8, 4) is 0 Å². The molecule has 0 amide bonds. The normalized spacial score (nSPS) is 19.1. The van der Waals surface area contributed by atoms with Gasteiger partial charge in [-0.2, -0.15) is 4.99 Å². The predicted octanol–water partition coefficient (Wildman–Crippen LogP) is 2.25. The molecule has 0 radical (unpaired) electrons. The van der Waals surface area contributed by atoms with Crippen LogP contribution in [0.5, 0.6) is 0 Å². The number of guanidine groups is 2. The Hall–Kier alpha value is -2.71. The second-order valence-electron chi connectivity index (χ2n) is 6.32. The van der Waals surface area contributed by atoms with Crippen LogP contribution in [-0.4, -0.2) is 30.2 Å². The van der Waals surface area contributed by atoms with Crippen LogP contribution in [0, 0.1) is 11.6 Å². The zero-order valence-electron chi connectivity index (χ0n) is 14.5. The van der Waals surface area contributed by atoms with E-state index in [1.807, 2.05) is 0 Å². The molecule has 1 fully saturated rings. The number of benzene rings is 1. The molecule has 3 rings (SSSR count). The number of carbonyl (C=O) groups excluding carboxylic acids is 1. The van der Waals surface area contributed by atoms with Crippen molar-refractivity contribution in [2.75, 3.05) is 11.5 Å². The Morgan fingerprint density at radius 2 is 1.85 bits per heavy atom. The molecule has 0 aromatic heterocycles. The molecule has 0 saturated heterocycles. The molecule has 7 nitrogen and oxygen atoms in total. The molecular weight excluding hydrogens is 344 g/mol. The Labute approximate surface area is 149 Å². The zero-order valence-corrected chi connectivity index (χ0v) is 14.5. The molecule has 2 aliphatic rings. The largest absolute Gasteiger partial charge is 0.462 e. The topological polar surface area (TPSA) is 106 Å². The smallest absolute Gasteiger partial charge is 0.344 e. The number of ether oxygens (including phenoxy) is 1. The summed E-state index contributed by atoms with van der Waals surface area (Å²) >= 11 is 0. The van der Waals surface area contributed by atoms with Crippen LogP contribution in [0.25, 0.3) is 0 Å². The average Bonchev–Trinajstić information content (AvgIpc) is 2.54. The number of nitrogens with zero attached hydrogens (tertiary/aromatic N) is 3. The molecule has 26 heavy (non-hydrogen) atoms. The highest BCUT2D eigenvalue weighted by molar-refractivity contribution is 6.05. The van der Waals surface area contributed by atoms with Crippen molar-refractivity contribution in [1.82, 2.24) is 0 Å². The number of nitrogens with two attached hydrogens (primary N) is 2. The first-order chi connectivity index (χ1) is 12.4. The maximum atomic E-state index is 14.5. The minimum absolute atomic E-state index is 0.0158. The van der Waals surface area contributed by atoms with Gasteiger partial charge in [-0.15, -0.1) is 0 Å². The minimum atomic E-state index is -1.05. The standard InChI is InChI=1S/C17H21F2N5O2/c1-2-26-14(25)13-11(18)8-10(9-12(13)19)24-16(21)22-15(20)23-17(24)6-4-3-5-7-17/h8-9H,2-7H2,1H3,(H4,20,21,22,23). The van der Waals surface area contributed by atoms with Gasteiger partial charge in [-0.3, -0.25) is 4.90 Å². The number of hydrogen-bond acceptors (Lipinski definition) is 7. The van der Waals surface area contributed by atoms with Gasteiger partial charge in [0.15, 0.2) is 0 Å². The Balaban J connectivity index is 2.06. The molecule has 1 heterocycles. The average molecular weight is 365 g/mol. The predicted molar refractivity (Wildman–Crippen MR) is 93.9 cm³/mol. The Bertz CT molecular complexity index is 764. The first-order valence-electron chi connectivity index (χ1n) is 8.54. The molecule has 9 heteroatoms. The molecule has 0 bridgehead atoms. The monoisotopic (exact) mass is 365 g/mol. The lowest BCUT2D eigenvalue weighted by atomic mass is 9.87. The van der Waals surface area contributed by atoms with E-state index in [1.54, 1.807) is 6.92 Å². The van der Waals surface area contributed by atoms with Crippen molar-refractivity contribution in [3.05, 3.63) is 29.3 Å². The summed E-state index contributed by atoms with van der Waals surface area (Å²) in [6, 6.07) is 2.09. The second kappa shape index (κ2) is 6.89. The third-order valence-corrected chi connectivity index (χ3v) is 4.62. The molecule has 1 aromatic rings. The third kappa shape index (κ3) is 3.09. The lowest BCUT2D eigenvalue weighted by molar-refractivity contribution is 0.0515. The number of anilines is 1. The lowest BCUT2D eigenvalue weighted by Gasteiger charge is -2.45. The third-order valence-electron chi connectivity index (χ3n) is 4.62. The summed E-state index contributed by atoms with van der Waals surface area (Å²) in [5.74, 6) is -3.05. The van der Waals surface area contributed by atoms with E-state index >= 15 is 0 Å². The van der Waals surface area contributed by atoms with Crippen LogP contribution >= 0.6 is 0 Å². The van der Waals surface area contributed by atoms with E-state index < -0.39 is 28.8 Å². The van der Waals surface area contributed by atoms with E-state index in [-0.39, 0.29) is 24.2 Å². The van der Waals surface area contributed by atoms with Crippen LogP contribution in [0.1, 0.15) is 49.4 Å². The van der Waals surface area contributed by atoms with E-state index in [1.165, 1.54) is 4.90 Å². The SMILES string of the molecule is CCOC(=O)c1c(F)cc(N2C(N)=NC(N)=NC23CCCCC3)cc1F. The number of rotatable bonds is 3. The number of hydrogen-bond donors (Lipinski definition) is 2. The molecule has 4 N–H and O–H groups in total. The van der Waals surface area contributed by atoms with E-state index in [0.717, 1.165) is 31.4 Å². The maximum Gasteiger partial charge on any atom is 0.344 e. The Kier molecular flexibility index (Phi) is 4.80. The summed E-state index contributed by atoms with van der Waals surface area (Å²) in [6.45, 7) is 1.57. The van der Waals surface area contributed by atoms with Crippen molar-refractivity contribution in [2.24, 2.45) is 21.5 Å². The molecule has 1 spiro atoms. The molecule has 0 atom stereocenters. The fourth-order valence-electron chi connectivity index (χ4n) is 3.58. The molecule has 1 saturated carbocycles. The summed E-state index contributed by atoms with van der Waals surface area (Å²) < 4.78 is 33.7. The van der Waals surface area contributed by atoms with Crippen molar-refractivity contribution in [2.45, 2.75) is 44.7 Å². The van der Waals surface area contributed by atoms with E-state index in [2.05, 4.69) is 9.98 Å². The molecule has 1 aromatic carbocycles. The van der Waals surface area contributed by atoms with Crippen LogP contribution in [0.3, 0.4) is 0 Å². The van der Waals surface area contributed by atoms with Crippen molar-refractivity contribution < 1.29 is 18.3 Å². The fraction of sp³-hybridized carbons (Fsp3) is 0.471. The van der Waals surface area contributed by atoms with Gasteiger partial charge in [0.25, 0.3) is 0 Å². The number of aliphatic imine (C=N–C) groups is 2. The summed E-state index contributed by atoms with van der Waals surface area (Å²) in [7, 11) is 0. The van der Waals surface area contributed by atoms with Crippen LogP contribution in [0.4, 0.5) is 14.5 Å². The molecule has 1 aliphatic heterocycles. The van der Waals surface area contributed by atoms with Gasteiger partial charge in [-0.05, 0) is 44.7 Å². The van der Waals surface area contributed by atoms with Gasteiger partial charge >= 0.3 is 5.97 Å². The lowest BCUT2D eigenvalue weighted by Crippen LogP contribution is -2.58. The van der Waals surface area contributed by atoms with Gasteiger partial charge in [0.05, 0.1) is 12.3 Å². The summed E-state index contributed by atoms with van der Waals surface area (Å²) in [5, 5.41) is 0. The molecule has 1 aliphatic carbocycles. The summed E-state index contributed by atoms with van der Waals surface area (Å²) in [4.78, 5) is 21.7. The highest BCUT2D eigenvalue weighted by Gasteiger charge is 2.43. The van der Waals surface area contributed by atoms with Gasteiger partial charge in [0, 0.05) is 0 Å². The maximum absolute atomic E-state index is 14.5. The molecular formula is C17H21F2N5O2. The van der Waals surface area contributed by atoms with Gasteiger partial charge in [0.2, 0.25) is 11.9 Å². The first-order valence-corrected chi connectivity index (χ1v) is 8.54. The number of halogens is 2. The second-order valence-corrected chi connectivity index (χ2v) is 6.32. The number of carbonyl (C=O) groups is 1. The van der Waals surface area contributed by atoms with E-state index in [4.69, 9.17) is 16.2 Å². The van der Waals surface area contributed by atoms with Crippen molar-refractivity contribution in [1.29, 1.82) is 0 Å². The summed E-state index contributed by atoms with van der Waals surface area (Å²) in [5.41, 5.74) is 10.4. The van der Waals surface area contributed by atoms with E-state index in [9.17, 15) is 13.6 Å². The molecule has 140 valence electrons. The Morgan fingerprint density at radius 1 is 1.23 bits per heavy atom. The highest BCUT2D eigenvalue weighted by Crippen LogP contribution is 2.40. The Morgan fingerprint density at radius 3 is 2.42 bits per heavy atom. The van der Waals surface area contributed by atoms with Gasteiger partial charge in [-0.1, -0.05) is 6.42 Å². The zero-order chi connectivity index (χ0) is 18.9. The quantitative estimate of drug-likeness (QED) is 0.799. The van der Waals surface area contributed by atoms with Crippen molar-refractivity contribution in [3.63, 3.8) is 0 Å². The molecule has 0 unspecified atom stereocenters. The van der Waals surface area contributed by atoms with Gasteiger partial charge < -0.3 is 16.2 Å². The van der Waals surface area contributed by atoms with E-state index in [0.29, 0.717) is 12.8 Å². The van der Waals surface area contributed by atoms with Crippen LogP contribution in [0.2, 0.25) is 0 Å². The van der Waals surface area contributed by atoms with Gasteiger partial charge in [-0.25, -0.2) is 18.6 Å². The van der Waals surface area contributed by atoms with Crippen LogP contribution in [-0.2, 0) is 4.74 Å². The summed E-state index contributed by atoms with van der Waals surface area (Å²) in [6.07, 6.45) is 4.06.